The molecule has 238 valence electrons. The quantitative estimate of drug-likeness (QED) is 0.206. The number of rotatable bonds is 12. The second-order valence-electron chi connectivity index (χ2n) is 13.1. The van der Waals surface area contributed by atoms with Crippen molar-refractivity contribution in [1.82, 2.24) is 14.9 Å². The second-order valence-corrected chi connectivity index (χ2v) is 13.9. The van der Waals surface area contributed by atoms with E-state index in [1.165, 1.54) is 6.92 Å². The van der Waals surface area contributed by atoms with E-state index in [0.29, 0.717) is 28.1 Å². The van der Waals surface area contributed by atoms with Crippen LogP contribution >= 0.6 is 23.2 Å². The molecule has 2 atom stereocenters. The summed E-state index contributed by atoms with van der Waals surface area (Å²) in [5, 5.41) is 13.7. The van der Waals surface area contributed by atoms with Crippen molar-refractivity contribution < 1.29 is 19.4 Å². The number of carbonyl (C=O) groups excluding carboxylic acids is 1. The number of aromatic nitrogens is 2. The van der Waals surface area contributed by atoms with E-state index in [-0.39, 0.29) is 23.3 Å². The number of aliphatic carboxylic acids is 1. The lowest BCUT2D eigenvalue weighted by Crippen LogP contribution is -2.38. The van der Waals surface area contributed by atoms with Gasteiger partial charge in [-0.1, -0.05) is 69.5 Å². The molecule has 1 unspecified atom stereocenters. The van der Waals surface area contributed by atoms with Crippen molar-refractivity contribution >= 4 is 35.1 Å². The number of unbranched alkanes of at least 4 members (excludes halogenated alkanes) is 1. The molecular formula is C35H45Cl2N3O4. The van der Waals surface area contributed by atoms with Gasteiger partial charge in [0.25, 0.3) is 0 Å². The molecule has 9 heteroatoms. The van der Waals surface area contributed by atoms with Gasteiger partial charge in [-0.25, -0.2) is 9.78 Å². The normalized spacial score (nSPS) is 18.4. The zero-order chi connectivity index (χ0) is 32.0. The Morgan fingerprint density at radius 3 is 2.36 bits per heavy atom. The Hall–Kier alpha value is -3.03. The molecule has 1 heterocycles. The molecule has 0 spiro atoms. The van der Waals surface area contributed by atoms with Gasteiger partial charge in [0.2, 0.25) is 5.91 Å². The van der Waals surface area contributed by atoms with Crippen LogP contribution in [0.5, 0.6) is 5.75 Å². The highest BCUT2D eigenvalue weighted by Crippen LogP contribution is 2.40. The number of imidazole rings is 1. The van der Waals surface area contributed by atoms with Gasteiger partial charge >= 0.3 is 5.97 Å². The average molecular weight is 643 g/mol. The molecule has 1 aromatic heterocycles. The Morgan fingerprint density at radius 1 is 1.09 bits per heavy atom. The fraction of sp³-hybridized carbons (Fsp3) is 0.514. The first-order valence-electron chi connectivity index (χ1n) is 15.7. The summed E-state index contributed by atoms with van der Waals surface area (Å²) in [6.07, 6.45) is 7.40. The minimum Gasteiger partial charge on any atom is -0.479 e. The molecule has 7 nitrogen and oxygen atoms in total. The fourth-order valence-corrected chi connectivity index (χ4v) is 6.46. The number of aryl methyl sites for hydroxylation is 1. The summed E-state index contributed by atoms with van der Waals surface area (Å²) in [6.45, 7) is 11.3. The van der Waals surface area contributed by atoms with E-state index in [1.54, 1.807) is 24.3 Å². The SMILES string of the molecule is CCCCn1cc(-c2ccc(Cl)cc2Cl)nc1[C@H](Cc1ccc(OC(C)C(=O)O)cc1)NC(=O)C1CCC(C(C)(C)C)CC1. The molecule has 2 N–H and O–H groups in total. The van der Waals surface area contributed by atoms with Crippen molar-refractivity contribution in [3.8, 4) is 17.0 Å². The predicted octanol–water partition coefficient (Wildman–Crippen LogP) is 8.76. The van der Waals surface area contributed by atoms with Crippen LogP contribution in [0.15, 0.2) is 48.7 Å². The minimum atomic E-state index is -1.02. The number of carbonyl (C=O) groups is 2. The van der Waals surface area contributed by atoms with E-state index in [9.17, 15) is 14.7 Å². The number of carboxylic acids is 1. The molecule has 3 aromatic rings. The first-order chi connectivity index (χ1) is 20.8. The lowest BCUT2D eigenvalue weighted by Gasteiger charge is -2.36. The molecule has 1 aliphatic rings. The van der Waals surface area contributed by atoms with E-state index in [2.05, 4.69) is 37.6 Å². The number of hydrogen-bond acceptors (Lipinski definition) is 4. The predicted molar refractivity (Wildman–Crippen MR) is 176 cm³/mol. The summed E-state index contributed by atoms with van der Waals surface area (Å²) in [6, 6.07) is 12.4. The number of carboxylic acid groups (broad SMARTS) is 1. The number of ether oxygens (including phenoxy) is 1. The number of nitrogens with zero attached hydrogens (tertiary/aromatic N) is 2. The van der Waals surface area contributed by atoms with E-state index in [4.69, 9.17) is 32.9 Å². The Morgan fingerprint density at radius 2 is 1.77 bits per heavy atom. The number of amides is 1. The van der Waals surface area contributed by atoms with Gasteiger partial charge in [0.15, 0.2) is 6.10 Å². The number of halogens is 2. The van der Waals surface area contributed by atoms with Crippen molar-refractivity contribution in [2.45, 2.75) is 98.3 Å². The summed E-state index contributed by atoms with van der Waals surface area (Å²) in [5.74, 6) is 0.873. The maximum absolute atomic E-state index is 13.8. The third-order valence-corrected chi connectivity index (χ3v) is 9.29. The summed E-state index contributed by atoms with van der Waals surface area (Å²) in [5.41, 5.74) is 2.73. The van der Waals surface area contributed by atoms with E-state index >= 15 is 0 Å². The Kier molecular flexibility index (Phi) is 11.4. The topological polar surface area (TPSA) is 93.5 Å². The molecule has 2 aromatic carbocycles. The highest BCUT2D eigenvalue weighted by molar-refractivity contribution is 6.36. The number of hydrogen-bond donors (Lipinski definition) is 2. The van der Waals surface area contributed by atoms with Crippen LogP contribution in [-0.2, 0) is 22.6 Å². The van der Waals surface area contributed by atoms with Crippen molar-refractivity contribution in [2.75, 3.05) is 0 Å². The van der Waals surface area contributed by atoms with Gasteiger partial charge in [0.05, 0.1) is 16.8 Å². The van der Waals surface area contributed by atoms with Crippen LogP contribution in [-0.4, -0.2) is 32.6 Å². The molecule has 0 bridgehead atoms. The molecule has 0 saturated heterocycles. The molecule has 1 saturated carbocycles. The Bertz CT molecular complexity index is 1420. The van der Waals surface area contributed by atoms with Crippen molar-refractivity contribution in [3.05, 3.63) is 70.1 Å². The molecule has 44 heavy (non-hydrogen) atoms. The molecule has 1 aliphatic carbocycles. The fourth-order valence-electron chi connectivity index (χ4n) is 5.96. The Labute approximate surface area is 271 Å². The molecule has 1 amide bonds. The third kappa shape index (κ3) is 8.79. The van der Waals surface area contributed by atoms with Crippen LogP contribution < -0.4 is 10.1 Å². The van der Waals surface area contributed by atoms with Gasteiger partial charge in [-0.3, -0.25) is 4.79 Å². The van der Waals surface area contributed by atoms with Crippen molar-refractivity contribution in [2.24, 2.45) is 17.3 Å². The standard InChI is InChI=1S/C35H45Cl2N3O4/c1-6-7-18-40-21-31(28-17-14-26(36)20-29(28)37)38-32(40)30(19-23-8-15-27(16-9-23)44-22(2)34(42)43)39-33(41)24-10-12-25(13-11-24)35(3,4)5/h8-9,14-17,20-22,24-25,30H,6-7,10-13,18-19H2,1-5H3,(H,39,41)(H,42,43)/t22?,24?,25?,30-/m0/s1. The molecule has 4 rings (SSSR count). The monoisotopic (exact) mass is 641 g/mol. The van der Waals surface area contributed by atoms with Crippen LogP contribution in [0.25, 0.3) is 11.3 Å². The zero-order valence-electron chi connectivity index (χ0n) is 26.4. The van der Waals surface area contributed by atoms with Crippen molar-refractivity contribution in [1.29, 1.82) is 0 Å². The molecular weight excluding hydrogens is 597 g/mol. The molecule has 0 aliphatic heterocycles. The maximum Gasteiger partial charge on any atom is 0.344 e. The van der Waals surface area contributed by atoms with E-state index in [1.807, 2.05) is 24.4 Å². The molecule has 1 fully saturated rings. The summed E-state index contributed by atoms with van der Waals surface area (Å²) in [4.78, 5) is 30.1. The molecule has 0 radical (unpaired) electrons. The van der Waals surface area contributed by atoms with Gasteiger partial charge in [0, 0.05) is 29.2 Å². The van der Waals surface area contributed by atoms with Gasteiger partial charge in [-0.05, 0) is 92.7 Å². The van der Waals surface area contributed by atoms with Crippen molar-refractivity contribution in [3.63, 3.8) is 0 Å². The van der Waals surface area contributed by atoms with E-state index < -0.39 is 12.1 Å². The first kappa shape index (κ1) is 33.9. The largest absolute Gasteiger partial charge is 0.479 e. The van der Waals surface area contributed by atoms with E-state index in [0.717, 1.165) is 67.7 Å². The summed E-state index contributed by atoms with van der Waals surface area (Å²) in [7, 11) is 0. The summed E-state index contributed by atoms with van der Waals surface area (Å²) >= 11 is 12.8. The van der Waals surface area contributed by atoms with Gasteiger partial charge in [0.1, 0.15) is 11.6 Å². The minimum absolute atomic E-state index is 0.0337. The average Bonchev–Trinajstić information content (AvgIpc) is 3.39. The van der Waals surface area contributed by atoms with Gasteiger partial charge in [-0.15, -0.1) is 0 Å². The van der Waals surface area contributed by atoms with Crippen LogP contribution in [0, 0.1) is 17.3 Å². The van der Waals surface area contributed by atoms with Gasteiger partial charge < -0.3 is 19.7 Å². The van der Waals surface area contributed by atoms with Crippen LogP contribution in [0.1, 0.15) is 90.6 Å². The first-order valence-corrected chi connectivity index (χ1v) is 16.4. The van der Waals surface area contributed by atoms with Crippen LogP contribution in [0.4, 0.5) is 0 Å². The maximum atomic E-state index is 13.8. The lowest BCUT2D eigenvalue weighted by molar-refractivity contribution is -0.144. The smallest absolute Gasteiger partial charge is 0.344 e. The van der Waals surface area contributed by atoms with Crippen LogP contribution in [0.2, 0.25) is 10.0 Å². The number of benzene rings is 2. The highest BCUT2D eigenvalue weighted by Gasteiger charge is 2.34. The van der Waals surface area contributed by atoms with Crippen LogP contribution in [0.3, 0.4) is 0 Å². The Balaban J connectivity index is 1.64. The summed E-state index contributed by atoms with van der Waals surface area (Å²) < 4.78 is 7.66. The zero-order valence-corrected chi connectivity index (χ0v) is 27.9. The number of nitrogens with one attached hydrogen (secondary N) is 1. The second kappa shape index (κ2) is 14.8. The van der Waals surface area contributed by atoms with Gasteiger partial charge in [-0.2, -0.15) is 0 Å². The highest BCUT2D eigenvalue weighted by atomic mass is 35.5. The lowest BCUT2D eigenvalue weighted by atomic mass is 9.69. The third-order valence-electron chi connectivity index (χ3n) is 8.74.